The summed E-state index contributed by atoms with van der Waals surface area (Å²) >= 11 is 1.20. The summed E-state index contributed by atoms with van der Waals surface area (Å²) in [5.41, 5.74) is 3.83. The summed E-state index contributed by atoms with van der Waals surface area (Å²) in [6.45, 7) is 3.62. The minimum Gasteiger partial charge on any atom is -0.484 e. The van der Waals surface area contributed by atoms with Crippen LogP contribution >= 0.6 is 11.3 Å². The van der Waals surface area contributed by atoms with Gasteiger partial charge in [-0.15, -0.1) is 11.3 Å². The SMILES string of the molecule is COc1cnc2c(-c3nc4c(C(F)F)cc5c(c4s3)OC[C@H](COC(=O)Nc3ccc(C)nc3)O5)cc(C)cc2n1. The Morgan fingerprint density at radius 3 is 2.76 bits per heavy atom. The number of nitrogens with one attached hydrogen (secondary N) is 1. The lowest BCUT2D eigenvalue weighted by atomic mass is 10.1. The number of methoxy groups -OCH3 is 1. The number of halogens is 2. The Hall–Kier alpha value is -4.65. The molecule has 0 bridgehead atoms. The summed E-state index contributed by atoms with van der Waals surface area (Å²) in [5, 5.41) is 3.06. The van der Waals surface area contributed by atoms with Gasteiger partial charge in [0.25, 0.3) is 6.43 Å². The summed E-state index contributed by atoms with van der Waals surface area (Å²) in [6.07, 6.45) is -1.21. The molecule has 1 N–H and O–H groups in total. The molecule has 1 aliphatic rings. The van der Waals surface area contributed by atoms with Crippen molar-refractivity contribution >= 4 is 44.4 Å². The van der Waals surface area contributed by atoms with Crippen LogP contribution in [0.1, 0.15) is 23.2 Å². The number of thiazole rings is 1. The number of ether oxygens (including phenoxy) is 4. The van der Waals surface area contributed by atoms with Gasteiger partial charge in [0.05, 0.1) is 41.7 Å². The van der Waals surface area contributed by atoms with Crippen molar-refractivity contribution in [2.75, 3.05) is 25.6 Å². The van der Waals surface area contributed by atoms with Crippen LogP contribution in [0.5, 0.6) is 17.4 Å². The number of rotatable bonds is 6. The van der Waals surface area contributed by atoms with Crippen LogP contribution in [0.15, 0.2) is 42.7 Å². The summed E-state index contributed by atoms with van der Waals surface area (Å²) in [4.78, 5) is 29.9. The molecule has 4 heterocycles. The second-order valence-electron chi connectivity index (χ2n) is 9.35. The van der Waals surface area contributed by atoms with E-state index in [9.17, 15) is 13.6 Å². The summed E-state index contributed by atoms with van der Waals surface area (Å²) in [6, 6.07) is 8.44. The van der Waals surface area contributed by atoms with Crippen molar-refractivity contribution in [1.29, 1.82) is 0 Å². The zero-order chi connectivity index (χ0) is 28.7. The van der Waals surface area contributed by atoms with E-state index in [1.54, 1.807) is 12.1 Å². The number of amides is 1. The van der Waals surface area contributed by atoms with Crippen LogP contribution in [0.3, 0.4) is 0 Å². The smallest absolute Gasteiger partial charge is 0.411 e. The lowest BCUT2D eigenvalue weighted by Gasteiger charge is -2.27. The highest BCUT2D eigenvalue weighted by atomic mass is 32.1. The van der Waals surface area contributed by atoms with Crippen LogP contribution < -0.4 is 19.5 Å². The van der Waals surface area contributed by atoms with Crippen molar-refractivity contribution in [2.45, 2.75) is 26.4 Å². The van der Waals surface area contributed by atoms with Gasteiger partial charge < -0.3 is 18.9 Å². The molecule has 0 unspecified atom stereocenters. The average Bonchev–Trinajstić information content (AvgIpc) is 3.41. The first kappa shape index (κ1) is 26.6. The van der Waals surface area contributed by atoms with Gasteiger partial charge in [-0.25, -0.2) is 28.5 Å². The maximum atomic E-state index is 14.2. The fraction of sp³-hybridized carbons (Fsp3) is 0.250. The monoisotopic (exact) mass is 579 g/mol. The molecule has 1 atom stereocenters. The van der Waals surface area contributed by atoms with Gasteiger partial charge in [0, 0.05) is 16.8 Å². The van der Waals surface area contributed by atoms with Crippen LogP contribution in [0.4, 0.5) is 19.3 Å². The summed E-state index contributed by atoms with van der Waals surface area (Å²) < 4.78 is 51.2. The number of hydrogen-bond acceptors (Lipinski definition) is 10. The molecule has 0 spiro atoms. The van der Waals surface area contributed by atoms with Crippen molar-refractivity contribution < 1.29 is 32.5 Å². The Morgan fingerprint density at radius 2 is 2.00 bits per heavy atom. The van der Waals surface area contributed by atoms with Gasteiger partial charge in [-0.1, -0.05) is 0 Å². The molecule has 6 rings (SSSR count). The number of alkyl halides is 2. The molecule has 3 aromatic heterocycles. The molecule has 13 heteroatoms. The average molecular weight is 580 g/mol. The lowest BCUT2D eigenvalue weighted by Crippen LogP contribution is -2.35. The molecule has 10 nitrogen and oxygen atoms in total. The van der Waals surface area contributed by atoms with E-state index in [4.69, 9.17) is 18.9 Å². The van der Waals surface area contributed by atoms with Crippen molar-refractivity contribution in [1.82, 2.24) is 19.9 Å². The normalized spacial score (nSPS) is 14.4. The molecule has 2 aromatic carbocycles. The fourth-order valence-electron chi connectivity index (χ4n) is 4.41. The first-order chi connectivity index (χ1) is 19.8. The minimum atomic E-state index is -2.81. The first-order valence-electron chi connectivity index (χ1n) is 12.5. The summed E-state index contributed by atoms with van der Waals surface area (Å²) in [7, 11) is 1.51. The molecule has 0 fully saturated rings. The maximum absolute atomic E-state index is 14.2. The quantitative estimate of drug-likeness (QED) is 0.249. The molecule has 0 saturated carbocycles. The maximum Gasteiger partial charge on any atom is 0.411 e. The van der Waals surface area contributed by atoms with E-state index in [0.29, 0.717) is 43.6 Å². The minimum absolute atomic E-state index is 0.0430. The van der Waals surface area contributed by atoms with Crippen LogP contribution in [-0.2, 0) is 4.74 Å². The zero-order valence-electron chi connectivity index (χ0n) is 22.1. The summed E-state index contributed by atoms with van der Waals surface area (Å²) in [5.74, 6) is 0.801. The number of nitrogens with zero attached hydrogens (tertiary/aromatic N) is 4. The number of pyridine rings is 1. The van der Waals surface area contributed by atoms with Gasteiger partial charge in [0.1, 0.15) is 22.9 Å². The number of carbonyl (C=O) groups excluding carboxylic acids is 1. The Kier molecular flexibility index (Phi) is 6.95. The number of carbonyl (C=O) groups is 1. The predicted octanol–water partition coefficient (Wildman–Crippen LogP) is 6.25. The van der Waals surface area contributed by atoms with Crippen LogP contribution in [0, 0.1) is 13.8 Å². The Bertz CT molecular complexity index is 1780. The largest absolute Gasteiger partial charge is 0.484 e. The van der Waals surface area contributed by atoms with Crippen LogP contribution in [0.2, 0.25) is 0 Å². The van der Waals surface area contributed by atoms with E-state index in [0.717, 1.165) is 11.3 Å². The topological polar surface area (TPSA) is 118 Å². The second kappa shape index (κ2) is 10.7. The van der Waals surface area contributed by atoms with E-state index in [1.165, 1.54) is 36.9 Å². The van der Waals surface area contributed by atoms with Gasteiger partial charge >= 0.3 is 6.09 Å². The van der Waals surface area contributed by atoms with Crippen molar-refractivity contribution in [3.05, 3.63) is 59.5 Å². The number of benzene rings is 2. The van der Waals surface area contributed by atoms with Gasteiger partial charge in [0.15, 0.2) is 17.6 Å². The van der Waals surface area contributed by atoms with Crippen molar-refractivity contribution in [3.63, 3.8) is 0 Å². The lowest BCUT2D eigenvalue weighted by molar-refractivity contribution is 0.0380. The van der Waals surface area contributed by atoms with Crippen molar-refractivity contribution in [2.24, 2.45) is 0 Å². The molecule has 210 valence electrons. The number of aryl methyl sites for hydroxylation is 2. The molecule has 0 saturated heterocycles. The zero-order valence-corrected chi connectivity index (χ0v) is 22.9. The highest BCUT2D eigenvalue weighted by Crippen LogP contribution is 2.48. The molecule has 5 aromatic rings. The molecule has 1 aliphatic heterocycles. The van der Waals surface area contributed by atoms with Gasteiger partial charge in [-0.2, -0.15) is 0 Å². The standard InChI is InChI=1S/C28H23F2N5O5S/c1-13-6-18(22-19(7-13)34-21(37-3)10-32-22)27-35-23-17(26(29)30)8-20-24(25(23)41-27)38-11-16(40-20)12-39-28(36)33-15-5-4-14(2)31-9-15/h4-10,16,26H,11-12H2,1-3H3,(H,33,36)/t16-/m1/s1. The van der Waals surface area contributed by atoms with Gasteiger partial charge in [0.2, 0.25) is 5.88 Å². The van der Waals surface area contributed by atoms with Crippen LogP contribution in [0.25, 0.3) is 31.8 Å². The highest BCUT2D eigenvalue weighted by Gasteiger charge is 2.30. The highest BCUT2D eigenvalue weighted by molar-refractivity contribution is 7.22. The second-order valence-corrected chi connectivity index (χ2v) is 10.3. The van der Waals surface area contributed by atoms with E-state index in [2.05, 4.69) is 25.3 Å². The molecule has 1 amide bonds. The van der Waals surface area contributed by atoms with Crippen molar-refractivity contribution in [3.8, 4) is 28.0 Å². The van der Waals surface area contributed by atoms with Gasteiger partial charge in [-0.3, -0.25) is 10.3 Å². The molecular weight excluding hydrogens is 556 g/mol. The Morgan fingerprint density at radius 1 is 1.15 bits per heavy atom. The number of anilines is 1. The van der Waals surface area contributed by atoms with E-state index in [-0.39, 0.29) is 30.0 Å². The first-order valence-corrected chi connectivity index (χ1v) is 13.3. The van der Waals surface area contributed by atoms with E-state index >= 15 is 0 Å². The Labute approximate surface area is 236 Å². The Balaban J connectivity index is 1.29. The molecule has 41 heavy (non-hydrogen) atoms. The third-order valence-corrected chi connectivity index (χ3v) is 7.41. The third-order valence-electron chi connectivity index (χ3n) is 6.33. The molecular formula is C28H23F2N5O5S. The predicted molar refractivity (Wildman–Crippen MR) is 148 cm³/mol. The van der Waals surface area contributed by atoms with Crippen LogP contribution in [-0.4, -0.2) is 52.5 Å². The van der Waals surface area contributed by atoms with E-state index in [1.807, 2.05) is 26.0 Å². The molecule has 0 radical (unpaired) electrons. The number of hydrogen-bond donors (Lipinski definition) is 1. The molecule has 0 aliphatic carbocycles. The number of fused-ring (bicyclic) bond motifs is 4. The third kappa shape index (κ3) is 5.27. The van der Waals surface area contributed by atoms with E-state index < -0.39 is 18.6 Å². The number of aromatic nitrogens is 4. The fourth-order valence-corrected chi connectivity index (χ4v) is 5.52. The van der Waals surface area contributed by atoms with Gasteiger partial charge in [-0.05, 0) is 49.7 Å².